The number of aliphatic hydroxyl groups excluding tert-OH is 2. The van der Waals surface area contributed by atoms with E-state index >= 15 is 0 Å². The summed E-state index contributed by atoms with van der Waals surface area (Å²) in [7, 11) is 0. The highest BCUT2D eigenvalue weighted by Gasteiger charge is 2.18. The fraction of sp³-hybridized carbons (Fsp3) is 0.600. The molecule has 216 valence electrons. The maximum Gasteiger partial charge on any atom is 0.122 e. The Bertz CT molecular complexity index is 950. The van der Waals surface area contributed by atoms with E-state index in [9.17, 15) is 0 Å². The highest BCUT2D eigenvalue weighted by Crippen LogP contribution is 2.37. The van der Waals surface area contributed by atoms with Gasteiger partial charge < -0.3 is 19.7 Å². The van der Waals surface area contributed by atoms with Crippen molar-refractivity contribution in [2.75, 3.05) is 26.4 Å². The van der Waals surface area contributed by atoms with Crippen molar-refractivity contribution >= 4 is 5.57 Å². The zero-order valence-electron chi connectivity index (χ0n) is 24.3. The van der Waals surface area contributed by atoms with Gasteiger partial charge in [0.2, 0.25) is 0 Å². The second-order valence-electron chi connectivity index (χ2n) is 11.1. The third kappa shape index (κ3) is 11.8. The van der Waals surface area contributed by atoms with Gasteiger partial charge in [0, 0.05) is 13.2 Å². The standard InChI is InChI=1S/C35H52O4/c1-29-28-33(20-23-35(29)39-27-13-9-5-3-7-11-25-37)32-16-14-30(15-17-32)31-18-21-34(22-19-31)38-26-12-8-4-2-6-10-24-36/h16,18-23,28,30,36-37H,2-15,17,24-27H2,1H3. The third-order valence-corrected chi connectivity index (χ3v) is 7.94. The lowest BCUT2D eigenvalue weighted by Gasteiger charge is -2.23. The van der Waals surface area contributed by atoms with Crippen LogP contribution in [-0.4, -0.2) is 36.6 Å². The fourth-order valence-electron chi connectivity index (χ4n) is 5.46. The average Bonchev–Trinajstić information content (AvgIpc) is 2.97. The van der Waals surface area contributed by atoms with Gasteiger partial charge in [0.1, 0.15) is 11.5 Å². The number of aryl methyl sites for hydroxylation is 1. The van der Waals surface area contributed by atoms with E-state index in [4.69, 9.17) is 19.7 Å². The Balaban J connectivity index is 1.36. The molecule has 1 aliphatic rings. The smallest absolute Gasteiger partial charge is 0.122 e. The molecule has 0 amide bonds. The van der Waals surface area contributed by atoms with Gasteiger partial charge >= 0.3 is 0 Å². The summed E-state index contributed by atoms with van der Waals surface area (Å²) < 4.78 is 12.0. The number of aliphatic hydroxyl groups is 2. The van der Waals surface area contributed by atoms with Crippen molar-refractivity contribution in [1.82, 2.24) is 0 Å². The molecule has 1 aliphatic carbocycles. The van der Waals surface area contributed by atoms with Crippen LogP contribution in [0.5, 0.6) is 11.5 Å². The first-order valence-corrected chi connectivity index (χ1v) is 15.6. The molecular weight excluding hydrogens is 484 g/mol. The topological polar surface area (TPSA) is 58.9 Å². The maximum atomic E-state index is 8.85. The molecule has 0 fully saturated rings. The van der Waals surface area contributed by atoms with Crippen LogP contribution in [0.1, 0.15) is 119 Å². The highest BCUT2D eigenvalue weighted by atomic mass is 16.5. The zero-order chi connectivity index (χ0) is 27.5. The molecule has 0 saturated carbocycles. The number of ether oxygens (including phenoxy) is 2. The van der Waals surface area contributed by atoms with Crippen molar-refractivity contribution < 1.29 is 19.7 Å². The molecule has 0 spiro atoms. The zero-order valence-corrected chi connectivity index (χ0v) is 24.3. The van der Waals surface area contributed by atoms with Gasteiger partial charge in [0.05, 0.1) is 13.2 Å². The monoisotopic (exact) mass is 536 g/mol. The molecule has 3 rings (SSSR count). The van der Waals surface area contributed by atoms with Gasteiger partial charge in [-0.2, -0.15) is 0 Å². The van der Waals surface area contributed by atoms with Crippen LogP contribution in [0.25, 0.3) is 5.57 Å². The van der Waals surface area contributed by atoms with Crippen molar-refractivity contribution in [2.45, 2.75) is 109 Å². The summed E-state index contributed by atoms with van der Waals surface area (Å²) in [5.41, 5.74) is 5.42. The predicted octanol–water partition coefficient (Wildman–Crippen LogP) is 8.77. The lowest BCUT2D eigenvalue weighted by atomic mass is 9.82. The minimum atomic E-state index is 0.314. The van der Waals surface area contributed by atoms with Crippen LogP contribution in [0.4, 0.5) is 0 Å². The summed E-state index contributed by atoms with van der Waals surface area (Å²) in [6.45, 7) is 4.35. The molecule has 0 aliphatic heterocycles. The van der Waals surface area contributed by atoms with Crippen molar-refractivity contribution in [3.05, 3.63) is 65.2 Å². The molecule has 0 radical (unpaired) electrons. The Morgan fingerprint density at radius 3 is 1.85 bits per heavy atom. The largest absolute Gasteiger partial charge is 0.494 e. The van der Waals surface area contributed by atoms with Crippen molar-refractivity contribution in [3.63, 3.8) is 0 Å². The third-order valence-electron chi connectivity index (χ3n) is 7.94. The Morgan fingerprint density at radius 1 is 0.692 bits per heavy atom. The van der Waals surface area contributed by atoms with E-state index < -0.39 is 0 Å². The number of rotatable bonds is 20. The number of hydrogen-bond donors (Lipinski definition) is 2. The normalized spacial score (nSPS) is 15.3. The number of benzene rings is 2. The molecule has 2 aromatic rings. The van der Waals surface area contributed by atoms with E-state index in [0.717, 1.165) is 76.1 Å². The van der Waals surface area contributed by atoms with Crippen LogP contribution in [0.2, 0.25) is 0 Å². The Hall–Kier alpha value is -2.30. The quantitative estimate of drug-likeness (QED) is 0.166. The first-order chi connectivity index (χ1) is 19.2. The lowest BCUT2D eigenvalue weighted by Crippen LogP contribution is -2.05. The van der Waals surface area contributed by atoms with Gasteiger partial charge in [0.25, 0.3) is 0 Å². The predicted molar refractivity (Wildman–Crippen MR) is 163 cm³/mol. The van der Waals surface area contributed by atoms with Gasteiger partial charge in [0.15, 0.2) is 0 Å². The van der Waals surface area contributed by atoms with E-state index in [-0.39, 0.29) is 0 Å². The number of unbranched alkanes of at least 4 members (excludes halogenated alkanes) is 10. The van der Waals surface area contributed by atoms with E-state index in [0.29, 0.717) is 19.1 Å². The molecule has 39 heavy (non-hydrogen) atoms. The van der Waals surface area contributed by atoms with Gasteiger partial charge in [-0.15, -0.1) is 0 Å². The molecule has 2 aromatic carbocycles. The molecule has 0 heterocycles. The second kappa shape index (κ2) is 18.9. The van der Waals surface area contributed by atoms with Gasteiger partial charge in [-0.1, -0.05) is 75.6 Å². The van der Waals surface area contributed by atoms with E-state index in [1.165, 1.54) is 67.2 Å². The van der Waals surface area contributed by atoms with Gasteiger partial charge in [-0.05, 0) is 104 Å². The van der Waals surface area contributed by atoms with Crippen LogP contribution >= 0.6 is 0 Å². The van der Waals surface area contributed by atoms with Crippen LogP contribution in [-0.2, 0) is 0 Å². The van der Waals surface area contributed by atoms with Crippen LogP contribution in [0, 0.1) is 6.92 Å². The molecule has 1 unspecified atom stereocenters. The molecule has 1 atom stereocenters. The first-order valence-electron chi connectivity index (χ1n) is 15.6. The minimum absolute atomic E-state index is 0.314. The Kier molecular flexibility index (Phi) is 15.1. The van der Waals surface area contributed by atoms with E-state index in [1.807, 2.05) is 0 Å². The molecule has 4 heteroatoms. The van der Waals surface area contributed by atoms with Crippen molar-refractivity contribution in [3.8, 4) is 11.5 Å². The van der Waals surface area contributed by atoms with Crippen LogP contribution < -0.4 is 9.47 Å². The number of hydrogen-bond acceptors (Lipinski definition) is 4. The second-order valence-corrected chi connectivity index (χ2v) is 11.1. The summed E-state index contributed by atoms with van der Waals surface area (Å²) in [5, 5.41) is 17.7. The molecule has 0 saturated heterocycles. The number of allylic oxidation sites excluding steroid dienone is 2. The van der Waals surface area contributed by atoms with E-state index in [1.54, 1.807) is 0 Å². The molecule has 4 nitrogen and oxygen atoms in total. The van der Waals surface area contributed by atoms with E-state index in [2.05, 4.69) is 55.5 Å². The van der Waals surface area contributed by atoms with Crippen molar-refractivity contribution in [2.24, 2.45) is 0 Å². The van der Waals surface area contributed by atoms with Gasteiger partial charge in [-0.3, -0.25) is 0 Å². The molecular formula is C35H52O4. The summed E-state index contributed by atoms with van der Waals surface area (Å²) in [5.74, 6) is 2.56. The Labute approximate surface area is 237 Å². The molecule has 0 aromatic heterocycles. The average molecular weight is 537 g/mol. The van der Waals surface area contributed by atoms with Crippen LogP contribution in [0.15, 0.2) is 48.5 Å². The molecule has 2 N–H and O–H groups in total. The maximum absolute atomic E-state index is 8.85. The summed E-state index contributed by atoms with van der Waals surface area (Å²) in [6, 6.07) is 15.4. The highest BCUT2D eigenvalue weighted by molar-refractivity contribution is 5.68. The fourth-order valence-corrected chi connectivity index (χ4v) is 5.46. The summed E-state index contributed by atoms with van der Waals surface area (Å²) in [4.78, 5) is 0. The van der Waals surface area contributed by atoms with Crippen LogP contribution in [0.3, 0.4) is 0 Å². The lowest BCUT2D eigenvalue weighted by molar-refractivity contribution is 0.280. The van der Waals surface area contributed by atoms with Crippen molar-refractivity contribution in [1.29, 1.82) is 0 Å². The Morgan fingerprint density at radius 2 is 1.28 bits per heavy atom. The minimum Gasteiger partial charge on any atom is -0.494 e. The van der Waals surface area contributed by atoms with Gasteiger partial charge in [-0.25, -0.2) is 0 Å². The first kappa shape index (κ1) is 31.2. The summed E-state index contributed by atoms with van der Waals surface area (Å²) >= 11 is 0. The SMILES string of the molecule is Cc1cc(C2=CCC(c3ccc(OCCCCCCCCO)cc3)CC2)ccc1OCCCCCCCCO. The molecule has 0 bridgehead atoms. The summed E-state index contributed by atoms with van der Waals surface area (Å²) in [6.07, 6.45) is 19.4.